The van der Waals surface area contributed by atoms with Crippen LogP contribution in [0.3, 0.4) is 0 Å². The third-order valence-electron chi connectivity index (χ3n) is 4.76. The lowest BCUT2D eigenvalue weighted by atomic mass is 9.67. The normalized spacial score (nSPS) is 24.0. The van der Waals surface area contributed by atoms with Crippen LogP contribution in [0.15, 0.2) is 24.5 Å². The molecule has 2 heterocycles. The molecule has 0 aromatic carbocycles. The number of piperidine rings is 1. The van der Waals surface area contributed by atoms with E-state index >= 15 is 0 Å². The predicted molar refractivity (Wildman–Crippen MR) is 74.7 cm³/mol. The molecule has 1 aromatic rings. The molecular formula is C15H23N3. The van der Waals surface area contributed by atoms with Crippen molar-refractivity contribution in [2.75, 3.05) is 18.4 Å². The first-order valence-corrected chi connectivity index (χ1v) is 7.24. The molecule has 0 amide bonds. The molecule has 3 nitrogen and oxygen atoms in total. The molecule has 3 heteroatoms. The molecule has 2 N–H and O–H groups in total. The van der Waals surface area contributed by atoms with Gasteiger partial charge in [-0.15, -0.1) is 0 Å². The first-order chi connectivity index (χ1) is 8.86. The molecule has 0 unspecified atom stereocenters. The Morgan fingerprint density at radius 2 is 1.72 bits per heavy atom. The van der Waals surface area contributed by atoms with Crippen LogP contribution in [-0.4, -0.2) is 24.1 Å². The maximum atomic E-state index is 4.06. The van der Waals surface area contributed by atoms with Crippen LogP contribution in [0.2, 0.25) is 0 Å². The van der Waals surface area contributed by atoms with Crippen LogP contribution < -0.4 is 10.6 Å². The maximum absolute atomic E-state index is 4.06. The van der Waals surface area contributed by atoms with Gasteiger partial charge in [0.25, 0.3) is 0 Å². The Labute approximate surface area is 109 Å². The molecule has 98 valence electrons. The largest absolute Gasteiger partial charge is 0.382 e. The smallest absolute Gasteiger partial charge is 0.0373 e. The van der Waals surface area contributed by atoms with Crippen LogP contribution in [0.5, 0.6) is 0 Å². The number of aromatic nitrogens is 1. The number of hydrogen-bond donors (Lipinski definition) is 2. The molecule has 2 fully saturated rings. The number of nitrogens with zero attached hydrogens (tertiary/aromatic N) is 1. The number of nitrogens with one attached hydrogen (secondary N) is 2. The Kier molecular flexibility index (Phi) is 3.50. The number of rotatable bonds is 2. The molecule has 0 radical (unpaired) electrons. The van der Waals surface area contributed by atoms with Gasteiger partial charge >= 0.3 is 0 Å². The van der Waals surface area contributed by atoms with Crippen LogP contribution in [0.1, 0.15) is 38.5 Å². The van der Waals surface area contributed by atoms with Crippen molar-refractivity contribution in [3.8, 4) is 0 Å². The lowest BCUT2D eigenvalue weighted by Gasteiger charge is -2.43. The van der Waals surface area contributed by atoms with E-state index in [0.717, 1.165) is 0 Å². The molecule has 18 heavy (non-hydrogen) atoms. The Balaban J connectivity index is 1.54. The van der Waals surface area contributed by atoms with Crippen LogP contribution in [0, 0.1) is 5.41 Å². The Bertz CT molecular complexity index is 361. The van der Waals surface area contributed by atoms with Gasteiger partial charge in [0.2, 0.25) is 0 Å². The van der Waals surface area contributed by atoms with Crippen LogP contribution in [0.4, 0.5) is 5.69 Å². The summed E-state index contributed by atoms with van der Waals surface area (Å²) in [5, 5.41) is 7.13. The van der Waals surface area contributed by atoms with Gasteiger partial charge in [-0.3, -0.25) is 4.98 Å². The zero-order valence-electron chi connectivity index (χ0n) is 11.0. The van der Waals surface area contributed by atoms with Gasteiger partial charge in [-0.1, -0.05) is 0 Å². The highest BCUT2D eigenvalue weighted by Crippen LogP contribution is 2.43. The van der Waals surface area contributed by atoms with Gasteiger partial charge in [-0.05, 0) is 69.2 Å². The SMILES string of the molecule is c1cc(NC2CCC3(CCNCC3)CC2)ccn1. The first-order valence-electron chi connectivity index (χ1n) is 7.24. The van der Waals surface area contributed by atoms with E-state index in [1.165, 1.54) is 57.3 Å². The summed E-state index contributed by atoms with van der Waals surface area (Å²) in [4.78, 5) is 4.06. The van der Waals surface area contributed by atoms with Crippen LogP contribution in [-0.2, 0) is 0 Å². The zero-order valence-corrected chi connectivity index (χ0v) is 11.0. The molecule has 0 bridgehead atoms. The maximum Gasteiger partial charge on any atom is 0.0373 e. The second-order valence-corrected chi connectivity index (χ2v) is 5.90. The molecule has 3 rings (SSSR count). The molecule has 1 aliphatic heterocycles. The van der Waals surface area contributed by atoms with E-state index in [4.69, 9.17) is 0 Å². The van der Waals surface area contributed by atoms with Crippen molar-refractivity contribution in [1.29, 1.82) is 0 Å². The van der Waals surface area contributed by atoms with E-state index < -0.39 is 0 Å². The van der Waals surface area contributed by atoms with E-state index in [-0.39, 0.29) is 0 Å². The molecule has 1 spiro atoms. The van der Waals surface area contributed by atoms with Gasteiger partial charge in [0.05, 0.1) is 0 Å². The number of anilines is 1. The average Bonchev–Trinajstić information content (AvgIpc) is 2.44. The molecule has 1 saturated carbocycles. The highest BCUT2D eigenvalue weighted by Gasteiger charge is 2.35. The Morgan fingerprint density at radius 1 is 1.06 bits per heavy atom. The summed E-state index contributed by atoms with van der Waals surface area (Å²) in [5.41, 5.74) is 1.89. The summed E-state index contributed by atoms with van der Waals surface area (Å²) >= 11 is 0. The van der Waals surface area contributed by atoms with Crippen molar-refractivity contribution in [3.63, 3.8) is 0 Å². The average molecular weight is 245 g/mol. The minimum Gasteiger partial charge on any atom is -0.382 e. The van der Waals surface area contributed by atoms with Gasteiger partial charge in [0.15, 0.2) is 0 Å². The third-order valence-corrected chi connectivity index (χ3v) is 4.76. The van der Waals surface area contributed by atoms with Crippen molar-refractivity contribution < 1.29 is 0 Å². The Hall–Kier alpha value is -1.09. The lowest BCUT2D eigenvalue weighted by Crippen LogP contribution is -2.41. The quantitative estimate of drug-likeness (QED) is 0.841. The minimum absolute atomic E-state index is 0.660. The molecular weight excluding hydrogens is 222 g/mol. The van der Waals surface area contributed by atoms with Gasteiger partial charge in [0.1, 0.15) is 0 Å². The first kappa shape index (κ1) is 12.0. The summed E-state index contributed by atoms with van der Waals surface area (Å²) in [7, 11) is 0. The van der Waals surface area contributed by atoms with E-state index in [1.54, 1.807) is 0 Å². The lowest BCUT2D eigenvalue weighted by molar-refractivity contribution is 0.128. The molecule has 1 aliphatic carbocycles. The van der Waals surface area contributed by atoms with Gasteiger partial charge in [-0.25, -0.2) is 0 Å². The van der Waals surface area contributed by atoms with Crippen molar-refractivity contribution >= 4 is 5.69 Å². The summed E-state index contributed by atoms with van der Waals surface area (Å²) in [6, 6.07) is 4.79. The van der Waals surface area contributed by atoms with Crippen LogP contribution in [0.25, 0.3) is 0 Å². The van der Waals surface area contributed by atoms with E-state index in [0.29, 0.717) is 11.5 Å². The van der Waals surface area contributed by atoms with Gasteiger partial charge in [0, 0.05) is 24.1 Å². The van der Waals surface area contributed by atoms with Crippen molar-refractivity contribution in [1.82, 2.24) is 10.3 Å². The van der Waals surface area contributed by atoms with Crippen LogP contribution >= 0.6 is 0 Å². The minimum atomic E-state index is 0.660. The number of hydrogen-bond acceptors (Lipinski definition) is 3. The second kappa shape index (κ2) is 5.27. The van der Waals surface area contributed by atoms with E-state index in [2.05, 4.69) is 27.8 Å². The predicted octanol–water partition coefficient (Wildman–Crippen LogP) is 2.81. The molecule has 0 atom stereocenters. The fourth-order valence-corrected chi connectivity index (χ4v) is 3.52. The van der Waals surface area contributed by atoms with Crippen molar-refractivity contribution in [3.05, 3.63) is 24.5 Å². The van der Waals surface area contributed by atoms with Gasteiger partial charge < -0.3 is 10.6 Å². The van der Waals surface area contributed by atoms with Gasteiger partial charge in [-0.2, -0.15) is 0 Å². The van der Waals surface area contributed by atoms with E-state index in [1.807, 2.05) is 12.4 Å². The third kappa shape index (κ3) is 2.66. The number of pyridine rings is 1. The topological polar surface area (TPSA) is 37.0 Å². The fraction of sp³-hybridized carbons (Fsp3) is 0.667. The Morgan fingerprint density at radius 3 is 2.39 bits per heavy atom. The summed E-state index contributed by atoms with van der Waals surface area (Å²) < 4.78 is 0. The summed E-state index contributed by atoms with van der Waals surface area (Å²) in [6.07, 6.45) is 11.9. The monoisotopic (exact) mass is 245 g/mol. The summed E-state index contributed by atoms with van der Waals surface area (Å²) in [6.45, 7) is 2.45. The highest BCUT2D eigenvalue weighted by molar-refractivity contribution is 5.41. The molecule has 2 aliphatic rings. The van der Waals surface area contributed by atoms with E-state index in [9.17, 15) is 0 Å². The highest BCUT2D eigenvalue weighted by atomic mass is 14.9. The zero-order chi connectivity index (χ0) is 12.3. The fourth-order valence-electron chi connectivity index (χ4n) is 3.52. The second-order valence-electron chi connectivity index (χ2n) is 5.90. The molecule has 1 aromatic heterocycles. The van der Waals surface area contributed by atoms with Crippen molar-refractivity contribution in [2.45, 2.75) is 44.6 Å². The molecule has 1 saturated heterocycles. The standard InChI is InChI=1S/C15H23N3/c1-5-15(7-11-17-12-8-15)6-2-13(1)18-14-3-9-16-10-4-14/h3-4,9-10,13,17H,1-2,5-8,11-12H2,(H,16,18). The summed E-state index contributed by atoms with van der Waals surface area (Å²) in [5.74, 6) is 0. The van der Waals surface area contributed by atoms with Crippen molar-refractivity contribution in [2.24, 2.45) is 5.41 Å².